The second-order valence-corrected chi connectivity index (χ2v) is 4.98. The van der Waals surface area contributed by atoms with Crippen LogP contribution in [0, 0.1) is 0 Å². The Kier molecular flexibility index (Phi) is 4.16. The number of allylic oxidation sites excluding steroid dienone is 1. The summed E-state index contributed by atoms with van der Waals surface area (Å²) < 4.78 is 0. The molecule has 0 heterocycles. The van der Waals surface area contributed by atoms with Crippen LogP contribution in [0.3, 0.4) is 0 Å². The summed E-state index contributed by atoms with van der Waals surface area (Å²) in [7, 11) is 0. The molecule has 0 saturated heterocycles. The third-order valence-corrected chi connectivity index (χ3v) is 3.22. The summed E-state index contributed by atoms with van der Waals surface area (Å²) in [6.45, 7) is 7.40. The molecule has 0 radical (unpaired) electrons. The molecule has 0 saturated carbocycles. The van der Waals surface area contributed by atoms with Gasteiger partial charge in [-0.3, -0.25) is 0 Å². The fourth-order valence-electron chi connectivity index (χ4n) is 2.18. The van der Waals surface area contributed by atoms with Gasteiger partial charge in [0.1, 0.15) is 0 Å². The van der Waals surface area contributed by atoms with Gasteiger partial charge in [0.25, 0.3) is 0 Å². The maximum absolute atomic E-state index is 3.55. The van der Waals surface area contributed by atoms with Gasteiger partial charge in [0.2, 0.25) is 0 Å². The Morgan fingerprint density at radius 1 is 1.11 bits per heavy atom. The third kappa shape index (κ3) is 2.99. The van der Waals surface area contributed by atoms with Crippen molar-refractivity contribution in [2.24, 2.45) is 0 Å². The van der Waals surface area contributed by atoms with Gasteiger partial charge in [0.05, 0.1) is 0 Å². The third-order valence-electron chi connectivity index (χ3n) is 3.22. The highest BCUT2D eigenvalue weighted by atomic mass is 14.9. The van der Waals surface area contributed by atoms with Gasteiger partial charge >= 0.3 is 0 Å². The van der Waals surface area contributed by atoms with Gasteiger partial charge in [-0.25, -0.2) is 0 Å². The van der Waals surface area contributed by atoms with Crippen molar-refractivity contribution in [2.75, 3.05) is 6.54 Å². The summed E-state index contributed by atoms with van der Waals surface area (Å²) in [6, 6.07) is 15.4. The molecule has 0 spiro atoms. The van der Waals surface area contributed by atoms with Crippen molar-refractivity contribution in [2.45, 2.75) is 26.8 Å². The Hall–Kier alpha value is -1.60. The Bertz CT molecular complexity index is 545. The van der Waals surface area contributed by atoms with Gasteiger partial charge in [0.15, 0.2) is 0 Å². The molecule has 1 heteroatoms. The van der Waals surface area contributed by atoms with E-state index in [4.69, 9.17) is 0 Å². The molecule has 0 aliphatic heterocycles. The average Bonchev–Trinajstić information content (AvgIpc) is 2.37. The van der Waals surface area contributed by atoms with Crippen LogP contribution in [-0.2, 0) is 0 Å². The van der Waals surface area contributed by atoms with Crippen LogP contribution in [0.2, 0.25) is 0 Å². The molecule has 0 aliphatic rings. The van der Waals surface area contributed by atoms with Gasteiger partial charge in [-0.05, 0) is 37.1 Å². The molecule has 2 aromatic carbocycles. The summed E-state index contributed by atoms with van der Waals surface area (Å²) >= 11 is 0. The minimum absolute atomic E-state index is 0.367. The Morgan fingerprint density at radius 2 is 1.83 bits per heavy atom. The first-order chi connectivity index (χ1) is 8.68. The van der Waals surface area contributed by atoms with Crippen molar-refractivity contribution in [3.05, 3.63) is 59.7 Å². The van der Waals surface area contributed by atoms with Crippen LogP contribution in [0.4, 0.5) is 0 Å². The van der Waals surface area contributed by atoms with Gasteiger partial charge in [-0.2, -0.15) is 0 Å². The maximum Gasteiger partial charge on any atom is 0.0300 e. The van der Waals surface area contributed by atoms with Gasteiger partial charge in [0, 0.05) is 12.6 Å². The van der Waals surface area contributed by atoms with E-state index in [0.29, 0.717) is 6.04 Å². The zero-order valence-electron chi connectivity index (χ0n) is 11.4. The fourth-order valence-corrected chi connectivity index (χ4v) is 2.18. The lowest BCUT2D eigenvalue weighted by Gasteiger charge is -2.15. The Balaban J connectivity index is 2.22. The normalized spacial score (nSPS) is 12.4. The van der Waals surface area contributed by atoms with E-state index in [1.807, 2.05) is 0 Å². The molecular weight excluding hydrogens is 218 g/mol. The number of hydrogen-bond acceptors (Lipinski definition) is 1. The minimum atomic E-state index is 0.367. The summed E-state index contributed by atoms with van der Waals surface area (Å²) in [5.41, 5.74) is 2.72. The molecule has 18 heavy (non-hydrogen) atoms. The van der Waals surface area contributed by atoms with E-state index in [0.717, 1.165) is 6.54 Å². The topological polar surface area (TPSA) is 12.0 Å². The van der Waals surface area contributed by atoms with E-state index < -0.39 is 0 Å². The van der Waals surface area contributed by atoms with Crippen LogP contribution in [-0.4, -0.2) is 6.54 Å². The number of benzene rings is 2. The number of rotatable bonds is 4. The van der Waals surface area contributed by atoms with Crippen LogP contribution in [0.15, 0.2) is 54.1 Å². The molecule has 0 amide bonds. The Labute approximate surface area is 110 Å². The second kappa shape index (κ2) is 5.83. The van der Waals surface area contributed by atoms with Crippen molar-refractivity contribution in [1.82, 2.24) is 5.32 Å². The van der Waals surface area contributed by atoms with Crippen molar-refractivity contribution < 1.29 is 0 Å². The fraction of sp³-hybridized carbons (Fsp3) is 0.294. The van der Waals surface area contributed by atoms with E-state index in [9.17, 15) is 0 Å². The quantitative estimate of drug-likeness (QED) is 0.777. The highest BCUT2D eigenvalue weighted by Crippen LogP contribution is 2.23. The average molecular weight is 239 g/mol. The molecule has 0 aliphatic carbocycles. The molecule has 94 valence electrons. The molecule has 0 aromatic heterocycles. The van der Waals surface area contributed by atoms with Crippen LogP contribution in [0.25, 0.3) is 10.8 Å². The summed E-state index contributed by atoms with van der Waals surface area (Å²) in [5, 5.41) is 6.20. The predicted molar refractivity (Wildman–Crippen MR) is 79.8 cm³/mol. The molecule has 1 nitrogen and oxygen atoms in total. The first-order valence-electron chi connectivity index (χ1n) is 6.53. The summed E-state index contributed by atoms with van der Waals surface area (Å²) in [6.07, 6.45) is 2.22. The van der Waals surface area contributed by atoms with Crippen LogP contribution in [0.5, 0.6) is 0 Å². The molecule has 1 atom stereocenters. The molecular formula is C17H21N. The second-order valence-electron chi connectivity index (χ2n) is 4.98. The SMILES string of the molecule is CC(C)=CCNC(C)c1cccc2ccccc12. The molecule has 1 N–H and O–H groups in total. The number of hydrogen-bond donors (Lipinski definition) is 1. The van der Waals surface area contributed by atoms with E-state index >= 15 is 0 Å². The van der Waals surface area contributed by atoms with Gasteiger partial charge < -0.3 is 5.32 Å². The summed E-state index contributed by atoms with van der Waals surface area (Å²) in [5.74, 6) is 0. The first kappa shape index (κ1) is 12.8. The summed E-state index contributed by atoms with van der Waals surface area (Å²) in [4.78, 5) is 0. The lowest BCUT2D eigenvalue weighted by atomic mass is 10.00. The molecule has 2 rings (SSSR count). The largest absolute Gasteiger partial charge is 0.307 e. The van der Waals surface area contributed by atoms with Crippen LogP contribution >= 0.6 is 0 Å². The highest BCUT2D eigenvalue weighted by molar-refractivity contribution is 5.86. The van der Waals surface area contributed by atoms with E-state index in [1.165, 1.54) is 21.9 Å². The monoisotopic (exact) mass is 239 g/mol. The Morgan fingerprint density at radius 3 is 2.61 bits per heavy atom. The van der Waals surface area contributed by atoms with Crippen molar-refractivity contribution in [3.63, 3.8) is 0 Å². The smallest absolute Gasteiger partial charge is 0.0300 e. The number of fused-ring (bicyclic) bond motifs is 1. The van der Waals surface area contributed by atoms with Crippen molar-refractivity contribution >= 4 is 10.8 Å². The van der Waals surface area contributed by atoms with Crippen LogP contribution in [0.1, 0.15) is 32.4 Å². The standard InChI is InChI=1S/C17H21N/c1-13(2)11-12-18-14(3)16-10-6-8-15-7-4-5-9-17(15)16/h4-11,14,18H,12H2,1-3H3. The zero-order valence-corrected chi connectivity index (χ0v) is 11.4. The maximum atomic E-state index is 3.55. The molecule has 0 bridgehead atoms. The molecule has 2 aromatic rings. The minimum Gasteiger partial charge on any atom is -0.307 e. The van der Waals surface area contributed by atoms with Gasteiger partial charge in [-0.1, -0.05) is 54.1 Å². The zero-order chi connectivity index (χ0) is 13.0. The molecule has 1 unspecified atom stereocenters. The van der Waals surface area contributed by atoms with E-state index in [-0.39, 0.29) is 0 Å². The van der Waals surface area contributed by atoms with Crippen LogP contribution < -0.4 is 5.32 Å². The van der Waals surface area contributed by atoms with E-state index in [1.54, 1.807) is 0 Å². The lowest BCUT2D eigenvalue weighted by Crippen LogP contribution is -2.18. The van der Waals surface area contributed by atoms with Crippen molar-refractivity contribution in [3.8, 4) is 0 Å². The predicted octanol–water partition coefficient (Wildman–Crippen LogP) is 4.46. The first-order valence-corrected chi connectivity index (χ1v) is 6.53. The number of nitrogens with one attached hydrogen (secondary N) is 1. The lowest BCUT2D eigenvalue weighted by molar-refractivity contribution is 0.620. The van der Waals surface area contributed by atoms with E-state index in [2.05, 4.69) is 74.6 Å². The van der Waals surface area contributed by atoms with Gasteiger partial charge in [-0.15, -0.1) is 0 Å². The highest BCUT2D eigenvalue weighted by Gasteiger charge is 2.07. The molecule has 0 fully saturated rings. The van der Waals surface area contributed by atoms with Crippen molar-refractivity contribution in [1.29, 1.82) is 0 Å².